The molecule has 4 heteroatoms. The lowest BCUT2D eigenvalue weighted by molar-refractivity contribution is 0.461. The van der Waals surface area contributed by atoms with E-state index < -0.39 is 0 Å². The Morgan fingerprint density at radius 2 is 1.70 bits per heavy atom. The third-order valence-electron chi connectivity index (χ3n) is 3.78. The molecule has 1 saturated carbocycles. The number of aromatic nitrogens is 2. The molecule has 104 valence electrons. The molecule has 1 aromatic heterocycles. The van der Waals surface area contributed by atoms with Gasteiger partial charge in [0.2, 0.25) is 5.95 Å². The van der Waals surface area contributed by atoms with Crippen molar-refractivity contribution in [2.24, 2.45) is 0 Å². The van der Waals surface area contributed by atoms with Gasteiger partial charge in [-0.3, -0.25) is 0 Å². The zero-order valence-electron chi connectivity index (χ0n) is 11.3. The Kier molecular flexibility index (Phi) is 3.90. The van der Waals surface area contributed by atoms with Gasteiger partial charge in [-0.1, -0.05) is 37.5 Å². The summed E-state index contributed by atoms with van der Waals surface area (Å²) in [6, 6.07) is 7.15. The molecule has 1 aliphatic carbocycles. The third-order valence-corrected chi connectivity index (χ3v) is 3.78. The molecule has 3 nitrogen and oxygen atoms in total. The average Bonchev–Trinajstić information content (AvgIpc) is 2.50. The summed E-state index contributed by atoms with van der Waals surface area (Å²) in [7, 11) is 0. The van der Waals surface area contributed by atoms with Gasteiger partial charge in [-0.25, -0.2) is 14.4 Å². The van der Waals surface area contributed by atoms with Crippen molar-refractivity contribution >= 4 is 5.95 Å². The Hall–Kier alpha value is -1.97. The summed E-state index contributed by atoms with van der Waals surface area (Å²) in [5.41, 5.74) is 1.24. The molecule has 3 rings (SSSR count). The van der Waals surface area contributed by atoms with Crippen LogP contribution < -0.4 is 5.32 Å². The first-order chi connectivity index (χ1) is 9.83. The van der Waals surface area contributed by atoms with Crippen LogP contribution in [0.4, 0.5) is 10.3 Å². The standard InChI is InChI=1S/C16H18FN3/c17-15-9-5-4-8-14(15)12-10-18-16(19-11-12)20-13-6-2-1-3-7-13/h4-5,8-11,13H,1-3,6-7H2,(H,18,19,20). The molecule has 1 heterocycles. The highest BCUT2D eigenvalue weighted by Gasteiger charge is 2.14. The van der Waals surface area contributed by atoms with Crippen molar-refractivity contribution in [2.75, 3.05) is 5.32 Å². The lowest BCUT2D eigenvalue weighted by Crippen LogP contribution is -2.23. The van der Waals surface area contributed by atoms with Gasteiger partial charge in [-0.15, -0.1) is 0 Å². The summed E-state index contributed by atoms with van der Waals surface area (Å²) in [6.45, 7) is 0. The predicted molar refractivity (Wildman–Crippen MR) is 77.9 cm³/mol. The van der Waals surface area contributed by atoms with E-state index in [1.54, 1.807) is 24.5 Å². The van der Waals surface area contributed by atoms with E-state index in [-0.39, 0.29) is 5.82 Å². The summed E-state index contributed by atoms with van der Waals surface area (Å²) < 4.78 is 13.7. The highest BCUT2D eigenvalue weighted by molar-refractivity contribution is 5.62. The van der Waals surface area contributed by atoms with Crippen molar-refractivity contribution in [3.8, 4) is 11.1 Å². The minimum Gasteiger partial charge on any atom is -0.351 e. The smallest absolute Gasteiger partial charge is 0.222 e. The Labute approximate surface area is 118 Å². The van der Waals surface area contributed by atoms with Crippen LogP contribution in [0, 0.1) is 5.82 Å². The Morgan fingerprint density at radius 3 is 2.40 bits per heavy atom. The van der Waals surface area contributed by atoms with E-state index >= 15 is 0 Å². The Balaban J connectivity index is 1.73. The van der Waals surface area contributed by atoms with Gasteiger partial charge in [-0.2, -0.15) is 0 Å². The fraction of sp³-hybridized carbons (Fsp3) is 0.375. The van der Waals surface area contributed by atoms with Gasteiger partial charge in [0.25, 0.3) is 0 Å². The molecule has 1 N–H and O–H groups in total. The molecule has 0 aliphatic heterocycles. The molecule has 0 atom stereocenters. The van der Waals surface area contributed by atoms with E-state index in [1.807, 2.05) is 6.07 Å². The summed E-state index contributed by atoms with van der Waals surface area (Å²) >= 11 is 0. The zero-order chi connectivity index (χ0) is 13.8. The van der Waals surface area contributed by atoms with Crippen LogP contribution >= 0.6 is 0 Å². The molecule has 1 aliphatic rings. The molecule has 0 radical (unpaired) electrons. The molecule has 2 aromatic rings. The third kappa shape index (κ3) is 2.95. The number of halogens is 1. The number of nitrogens with zero attached hydrogens (tertiary/aromatic N) is 2. The SMILES string of the molecule is Fc1ccccc1-c1cnc(NC2CCCCC2)nc1. The number of benzene rings is 1. The zero-order valence-corrected chi connectivity index (χ0v) is 11.3. The summed E-state index contributed by atoms with van der Waals surface area (Å²) in [4.78, 5) is 8.60. The van der Waals surface area contributed by atoms with Crippen LogP contribution in [0.25, 0.3) is 11.1 Å². The molecular weight excluding hydrogens is 253 g/mol. The number of hydrogen-bond donors (Lipinski definition) is 1. The molecule has 1 fully saturated rings. The van der Waals surface area contributed by atoms with Gasteiger partial charge in [0, 0.05) is 29.6 Å². The Morgan fingerprint density at radius 1 is 1.00 bits per heavy atom. The van der Waals surface area contributed by atoms with Crippen molar-refractivity contribution in [2.45, 2.75) is 38.1 Å². The van der Waals surface area contributed by atoms with E-state index in [9.17, 15) is 4.39 Å². The molecular formula is C16H18FN3. The summed E-state index contributed by atoms with van der Waals surface area (Å²) in [5, 5.41) is 3.36. The maximum atomic E-state index is 13.7. The molecule has 0 spiro atoms. The highest BCUT2D eigenvalue weighted by atomic mass is 19.1. The van der Waals surface area contributed by atoms with Crippen molar-refractivity contribution in [1.82, 2.24) is 9.97 Å². The fourth-order valence-corrected chi connectivity index (χ4v) is 2.67. The maximum absolute atomic E-state index is 13.7. The lowest BCUT2D eigenvalue weighted by Gasteiger charge is -2.22. The average molecular weight is 271 g/mol. The normalized spacial score (nSPS) is 16.1. The van der Waals surface area contributed by atoms with Crippen LogP contribution in [0.3, 0.4) is 0 Å². The first-order valence-corrected chi connectivity index (χ1v) is 7.16. The second kappa shape index (κ2) is 5.99. The molecule has 20 heavy (non-hydrogen) atoms. The first-order valence-electron chi connectivity index (χ1n) is 7.16. The van der Waals surface area contributed by atoms with Crippen molar-refractivity contribution in [3.05, 3.63) is 42.5 Å². The maximum Gasteiger partial charge on any atom is 0.222 e. The largest absolute Gasteiger partial charge is 0.351 e. The molecule has 0 unspecified atom stereocenters. The van der Waals surface area contributed by atoms with E-state index in [2.05, 4.69) is 15.3 Å². The van der Waals surface area contributed by atoms with Crippen LogP contribution in [-0.4, -0.2) is 16.0 Å². The highest BCUT2D eigenvalue weighted by Crippen LogP contribution is 2.23. The number of rotatable bonds is 3. The monoisotopic (exact) mass is 271 g/mol. The van der Waals surface area contributed by atoms with Gasteiger partial charge < -0.3 is 5.32 Å². The summed E-state index contributed by atoms with van der Waals surface area (Å²) in [6.07, 6.45) is 9.57. The first kappa shape index (κ1) is 13.0. The van der Waals surface area contributed by atoms with Crippen LogP contribution in [0.2, 0.25) is 0 Å². The number of hydrogen-bond acceptors (Lipinski definition) is 3. The second-order valence-electron chi connectivity index (χ2n) is 5.25. The van der Waals surface area contributed by atoms with Crippen LogP contribution in [0.15, 0.2) is 36.7 Å². The van der Waals surface area contributed by atoms with Crippen molar-refractivity contribution in [1.29, 1.82) is 0 Å². The van der Waals surface area contributed by atoms with Crippen molar-refractivity contribution in [3.63, 3.8) is 0 Å². The lowest BCUT2D eigenvalue weighted by atomic mass is 9.96. The minimum absolute atomic E-state index is 0.246. The van der Waals surface area contributed by atoms with Gasteiger partial charge in [0.1, 0.15) is 5.82 Å². The molecule has 0 bridgehead atoms. The number of nitrogens with one attached hydrogen (secondary N) is 1. The molecule has 1 aromatic carbocycles. The quantitative estimate of drug-likeness (QED) is 0.916. The van der Waals surface area contributed by atoms with E-state index in [4.69, 9.17) is 0 Å². The van der Waals surface area contributed by atoms with Crippen LogP contribution in [0.5, 0.6) is 0 Å². The van der Waals surface area contributed by atoms with Crippen LogP contribution in [-0.2, 0) is 0 Å². The predicted octanol–water partition coefficient (Wildman–Crippen LogP) is 4.03. The summed E-state index contributed by atoms with van der Waals surface area (Å²) in [5.74, 6) is 0.390. The van der Waals surface area contributed by atoms with E-state index in [1.165, 1.54) is 38.2 Å². The molecule has 0 amide bonds. The number of anilines is 1. The minimum atomic E-state index is -0.246. The fourth-order valence-electron chi connectivity index (χ4n) is 2.67. The second-order valence-corrected chi connectivity index (χ2v) is 5.25. The van der Waals surface area contributed by atoms with Gasteiger partial charge >= 0.3 is 0 Å². The van der Waals surface area contributed by atoms with Crippen LogP contribution in [0.1, 0.15) is 32.1 Å². The topological polar surface area (TPSA) is 37.8 Å². The van der Waals surface area contributed by atoms with Gasteiger partial charge in [0.05, 0.1) is 0 Å². The van der Waals surface area contributed by atoms with E-state index in [0.717, 1.165) is 0 Å². The van der Waals surface area contributed by atoms with E-state index in [0.29, 0.717) is 23.1 Å². The Bertz CT molecular complexity index is 562. The molecule has 0 saturated heterocycles. The van der Waals surface area contributed by atoms with Gasteiger partial charge in [0.15, 0.2) is 0 Å². The van der Waals surface area contributed by atoms with Gasteiger partial charge in [-0.05, 0) is 18.9 Å². The van der Waals surface area contributed by atoms with Crippen molar-refractivity contribution < 1.29 is 4.39 Å².